The SMILES string of the molecule is NCc1ccc(Oc2ccc3c(c2)OCO3)c(F)c1. The van der Waals surface area contributed by atoms with Gasteiger partial charge in [0.15, 0.2) is 23.1 Å². The van der Waals surface area contributed by atoms with Crippen LogP contribution in [0.3, 0.4) is 0 Å². The molecule has 0 saturated carbocycles. The number of halogens is 1. The zero-order valence-electron chi connectivity index (χ0n) is 10.1. The van der Waals surface area contributed by atoms with Gasteiger partial charge >= 0.3 is 0 Å². The first-order chi connectivity index (χ1) is 9.26. The Morgan fingerprint density at radius 2 is 1.95 bits per heavy atom. The van der Waals surface area contributed by atoms with Crippen molar-refractivity contribution >= 4 is 0 Å². The summed E-state index contributed by atoms with van der Waals surface area (Å²) >= 11 is 0. The minimum atomic E-state index is -0.444. The van der Waals surface area contributed by atoms with Gasteiger partial charge in [-0.15, -0.1) is 0 Å². The van der Waals surface area contributed by atoms with E-state index in [1.54, 1.807) is 30.3 Å². The molecule has 2 N–H and O–H groups in total. The Balaban J connectivity index is 1.85. The van der Waals surface area contributed by atoms with Crippen LogP contribution >= 0.6 is 0 Å². The van der Waals surface area contributed by atoms with Crippen molar-refractivity contribution in [3.8, 4) is 23.0 Å². The van der Waals surface area contributed by atoms with Crippen molar-refractivity contribution in [2.45, 2.75) is 6.54 Å². The monoisotopic (exact) mass is 261 g/mol. The van der Waals surface area contributed by atoms with Crippen molar-refractivity contribution in [3.63, 3.8) is 0 Å². The van der Waals surface area contributed by atoms with Gasteiger partial charge in [-0.1, -0.05) is 6.07 Å². The lowest BCUT2D eigenvalue weighted by Crippen LogP contribution is -1.97. The van der Waals surface area contributed by atoms with Gasteiger partial charge in [-0.3, -0.25) is 0 Å². The lowest BCUT2D eigenvalue weighted by Gasteiger charge is -2.08. The molecule has 0 radical (unpaired) electrons. The predicted octanol–water partition coefficient (Wildman–Crippen LogP) is 2.81. The fourth-order valence-electron chi connectivity index (χ4n) is 1.82. The summed E-state index contributed by atoms with van der Waals surface area (Å²) in [4.78, 5) is 0. The number of benzene rings is 2. The van der Waals surface area contributed by atoms with Crippen molar-refractivity contribution in [1.29, 1.82) is 0 Å². The Morgan fingerprint density at radius 3 is 2.74 bits per heavy atom. The molecule has 0 aromatic heterocycles. The van der Waals surface area contributed by atoms with E-state index < -0.39 is 5.82 Å². The standard InChI is InChI=1S/C14H12FNO3/c15-11-5-9(7-16)1-3-12(11)19-10-2-4-13-14(6-10)18-8-17-13/h1-6H,7-8,16H2. The molecule has 0 amide bonds. The third-order valence-corrected chi connectivity index (χ3v) is 2.80. The molecule has 4 nitrogen and oxygen atoms in total. The quantitative estimate of drug-likeness (QED) is 0.923. The number of hydrogen-bond donors (Lipinski definition) is 1. The molecule has 1 aliphatic heterocycles. The van der Waals surface area contributed by atoms with Gasteiger partial charge < -0.3 is 19.9 Å². The average molecular weight is 261 g/mol. The van der Waals surface area contributed by atoms with Gasteiger partial charge in [0.2, 0.25) is 6.79 Å². The van der Waals surface area contributed by atoms with Crippen molar-refractivity contribution in [2.75, 3.05) is 6.79 Å². The summed E-state index contributed by atoms with van der Waals surface area (Å²) in [5.74, 6) is 1.45. The van der Waals surface area contributed by atoms with E-state index in [0.29, 0.717) is 23.8 Å². The number of rotatable bonds is 3. The molecule has 2 aromatic carbocycles. The van der Waals surface area contributed by atoms with Crippen LogP contribution in [0.4, 0.5) is 4.39 Å². The summed E-state index contributed by atoms with van der Waals surface area (Å²) in [5, 5.41) is 0. The number of fused-ring (bicyclic) bond motifs is 1. The van der Waals surface area contributed by atoms with Gasteiger partial charge in [0.25, 0.3) is 0 Å². The molecule has 0 bridgehead atoms. The van der Waals surface area contributed by atoms with Crippen molar-refractivity contribution in [3.05, 3.63) is 47.8 Å². The van der Waals surface area contributed by atoms with Crippen molar-refractivity contribution < 1.29 is 18.6 Å². The fraction of sp³-hybridized carbons (Fsp3) is 0.143. The van der Waals surface area contributed by atoms with Crippen LogP contribution < -0.4 is 19.9 Å². The Bertz CT molecular complexity index is 616. The zero-order valence-corrected chi connectivity index (χ0v) is 10.1. The van der Waals surface area contributed by atoms with Crippen LogP contribution in [0.1, 0.15) is 5.56 Å². The van der Waals surface area contributed by atoms with Gasteiger partial charge in [-0.2, -0.15) is 0 Å². The molecular formula is C14H12FNO3. The highest BCUT2D eigenvalue weighted by Gasteiger charge is 2.14. The molecule has 0 fully saturated rings. The Hall–Kier alpha value is -2.27. The molecule has 98 valence electrons. The Kier molecular flexibility index (Phi) is 2.97. The summed E-state index contributed by atoms with van der Waals surface area (Å²) in [6.45, 7) is 0.486. The van der Waals surface area contributed by atoms with Crippen LogP contribution in [0.2, 0.25) is 0 Å². The van der Waals surface area contributed by atoms with Gasteiger partial charge in [-0.05, 0) is 29.8 Å². The van der Waals surface area contributed by atoms with E-state index in [4.69, 9.17) is 19.9 Å². The summed E-state index contributed by atoms with van der Waals surface area (Å²) in [5.41, 5.74) is 6.16. The number of hydrogen-bond acceptors (Lipinski definition) is 4. The highest BCUT2D eigenvalue weighted by Crippen LogP contribution is 2.37. The van der Waals surface area contributed by atoms with E-state index in [2.05, 4.69) is 0 Å². The fourth-order valence-corrected chi connectivity index (χ4v) is 1.82. The maximum absolute atomic E-state index is 13.8. The minimum Gasteiger partial charge on any atom is -0.454 e. The van der Waals surface area contributed by atoms with Crippen LogP contribution in [-0.4, -0.2) is 6.79 Å². The molecule has 1 aliphatic rings. The van der Waals surface area contributed by atoms with Gasteiger partial charge in [0.05, 0.1) is 0 Å². The summed E-state index contributed by atoms with van der Waals surface area (Å²) < 4.78 is 29.7. The van der Waals surface area contributed by atoms with Gasteiger partial charge in [0.1, 0.15) is 5.75 Å². The van der Waals surface area contributed by atoms with E-state index in [9.17, 15) is 4.39 Å². The minimum absolute atomic E-state index is 0.149. The highest BCUT2D eigenvalue weighted by molar-refractivity contribution is 5.48. The zero-order chi connectivity index (χ0) is 13.2. The van der Waals surface area contributed by atoms with Crippen LogP contribution in [-0.2, 0) is 6.54 Å². The summed E-state index contributed by atoms with van der Waals surface area (Å²) in [7, 11) is 0. The van der Waals surface area contributed by atoms with Crippen LogP contribution in [0.5, 0.6) is 23.0 Å². The lowest BCUT2D eigenvalue weighted by atomic mass is 10.2. The van der Waals surface area contributed by atoms with Gasteiger partial charge in [-0.25, -0.2) is 4.39 Å². The molecule has 0 aliphatic carbocycles. The maximum atomic E-state index is 13.8. The highest BCUT2D eigenvalue weighted by atomic mass is 19.1. The molecular weight excluding hydrogens is 249 g/mol. The topological polar surface area (TPSA) is 53.7 Å². The largest absolute Gasteiger partial charge is 0.454 e. The lowest BCUT2D eigenvalue weighted by molar-refractivity contribution is 0.174. The normalized spacial score (nSPS) is 12.5. The van der Waals surface area contributed by atoms with Crippen LogP contribution in [0.15, 0.2) is 36.4 Å². The first-order valence-electron chi connectivity index (χ1n) is 5.82. The number of nitrogens with two attached hydrogens (primary N) is 1. The van der Waals surface area contributed by atoms with Crippen molar-refractivity contribution in [1.82, 2.24) is 0 Å². The van der Waals surface area contributed by atoms with Gasteiger partial charge in [0, 0.05) is 12.6 Å². The molecule has 0 unspecified atom stereocenters. The average Bonchev–Trinajstić information content (AvgIpc) is 2.88. The molecule has 0 saturated heterocycles. The van der Waals surface area contributed by atoms with E-state index in [0.717, 1.165) is 5.56 Å². The first-order valence-corrected chi connectivity index (χ1v) is 5.82. The predicted molar refractivity (Wildman–Crippen MR) is 66.9 cm³/mol. The van der Waals surface area contributed by atoms with Crippen LogP contribution in [0.25, 0.3) is 0 Å². The second-order valence-electron chi connectivity index (χ2n) is 4.09. The van der Waals surface area contributed by atoms with E-state index >= 15 is 0 Å². The smallest absolute Gasteiger partial charge is 0.231 e. The number of ether oxygens (including phenoxy) is 3. The van der Waals surface area contributed by atoms with E-state index in [1.165, 1.54) is 6.07 Å². The molecule has 5 heteroatoms. The second kappa shape index (κ2) is 4.78. The van der Waals surface area contributed by atoms with E-state index in [-0.39, 0.29) is 12.5 Å². The van der Waals surface area contributed by atoms with Crippen molar-refractivity contribution in [2.24, 2.45) is 5.73 Å². The first kappa shape index (κ1) is 11.8. The molecule has 0 spiro atoms. The van der Waals surface area contributed by atoms with Crippen LogP contribution in [0, 0.1) is 5.82 Å². The molecule has 19 heavy (non-hydrogen) atoms. The maximum Gasteiger partial charge on any atom is 0.231 e. The Morgan fingerprint density at radius 1 is 1.11 bits per heavy atom. The third-order valence-electron chi connectivity index (χ3n) is 2.80. The molecule has 1 heterocycles. The summed E-state index contributed by atoms with van der Waals surface area (Å²) in [6.07, 6.45) is 0. The molecule has 2 aromatic rings. The third kappa shape index (κ3) is 2.32. The second-order valence-corrected chi connectivity index (χ2v) is 4.09. The van der Waals surface area contributed by atoms with E-state index in [1.807, 2.05) is 0 Å². The summed E-state index contributed by atoms with van der Waals surface area (Å²) in [6, 6.07) is 9.74. The Labute approximate surface area is 109 Å². The molecule has 0 atom stereocenters. The molecule has 3 rings (SSSR count).